The van der Waals surface area contributed by atoms with Crippen LogP contribution in [0.25, 0.3) is 10.9 Å². The van der Waals surface area contributed by atoms with Crippen LogP contribution in [0.3, 0.4) is 0 Å². The summed E-state index contributed by atoms with van der Waals surface area (Å²) >= 11 is 0. The van der Waals surface area contributed by atoms with Gasteiger partial charge in [-0.2, -0.15) is 0 Å². The SMILES string of the molecule is Cc1ccccc1CC(O)c1cccc2ncccc12. The van der Waals surface area contributed by atoms with Gasteiger partial charge in [0.2, 0.25) is 0 Å². The number of aromatic nitrogens is 1. The zero-order valence-corrected chi connectivity index (χ0v) is 11.5. The van der Waals surface area contributed by atoms with Gasteiger partial charge in [-0.05, 0) is 35.7 Å². The number of nitrogens with zero attached hydrogens (tertiary/aromatic N) is 1. The topological polar surface area (TPSA) is 33.1 Å². The molecule has 20 heavy (non-hydrogen) atoms. The third-order valence-electron chi connectivity index (χ3n) is 3.71. The lowest BCUT2D eigenvalue weighted by atomic mass is 9.96. The molecule has 1 atom stereocenters. The molecule has 100 valence electrons. The van der Waals surface area contributed by atoms with Crippen LogP contribution in [0.5, 0.6) is 0 Å². The molecule has 1 heterocycles. The molecule has 0 saturated carbocycles. The first-order valence-corrected chi connectivity index (χ1v) is 6.82. The summed E-state index contributed by atoms with van der Waals surface area (Å²) in [4.78, 5) is 4.34. The zero-order valence-electron chi connectivity index (χ0n) is 11.5. The van der Waals surface area contributed by atoms with Crippen LogP contribution in [0, 0.1) is 6.92 Å². The van der Waals surface area contributed by atoms with E-state index in [0.717, 1.165) is 16.5 Å². The van der Waals surface area contributed by atoms with Crippen LogP contribution in [0.4, 0.5) is 0 Å². The lowest BCUT2D eigenvalue weighted by Crippen LogP contribution is -2.04. The number of hydrogen-bond donors (Lipinski definition) is 1. The molecule has 0 aliphatic heterocycles. The Morgan fingerprint density at radius 1 is 1.00 bits per heavy atom. The van der Waals surface area contributed by atoms with E-state index < -0.39 is 6.10 Å². The Morgan fingerprint density at radius 2 is 1.85 bits per heavy atom. The van der Waals surface area contributed by atoms with Crippen molar-refractivity contribution >= 4 is 10.9 Å². The number of benzene rings is 2. The van der Waals surface area contributed by atoms with Crippen molar-refractivity contribution in [3.8, 4) is 0 Å². The van der Waals surface area contributed by atoms with E-state index in [2.05, 4.69) is 24.0 Å². The predicted octanol–water partition coefficient (Wildman–Crippen LogP) is 3.82. The van der Waals surface area contributed by atoms with Crippen LogP contribution >= 0.6 is 0 Å². The van der Waals surface area contributed by atoms with E-state index in [1.54, 1.807) is 6.20 Å². The molecule has 1 aromatic heterocycles. The molecule has 0 amide bonds. The quantitative estimate of drug-likeness (QED) is 0.779. The molecule has 0 aliphatic carbocycles. The van der Waals surface area contributed by atoms with E-state index in [-0.39, 0.29) is 0 Å². The Bertz CT molecular complexity index is 731. The van der Waals surface area contributed by atoms with Gasteiger partial charge in [0.05, 0.1) is 11.6 Å². The van der Waals surface area contributed by atoms with Crippen molar-refractivity contribution in [3.05, 3.63) is 77.5 Å². The van der Waals surface area contributed by atoms with E-state index in [1.165, 1.54) is 11.1 Å². The molecule has 0 spiro atoms. The van der Waals surface area contributed by atoms with Gasteiger partial charge in [-0.1, -0.05) is 42.5 Å². The van der Waals surface area contributed by atoms with Gasteiger partial charge in [-0.3, -0.25) is 4.98 Å². The van der Waals surface area contributed by atoms with Gasteiger partial charge in [-0.25, -0.2) is 0 Å². The summed E-state index contributed by atoms with van der Waals surface area (Å²) in [5, 5.41) is 11.6. The molecule has 0 bridgehead atoms. The first-order valence-electron chi connectivity index (χ1n) is 6.82. The minimum absolute atomic E-state index is 0.510. The van der Waals surface area contributed by atoms with Gasteiger partial charge < -0.3 is 5.11 Å². The summed E-state index contributed by atoms with van der Waals surface area (Å²) < 4.78 is 0. The monoisotopic (exact) mass is 263 g/mol. The van der Waals surface area contributed by atoms with E-state index in [9.17, 15) is 5.11 Å². The lowest BCUT2D eigenvalue weighted by Gasteiger charge is -2.15. The Balaban J connectivity index is 1.97. The van der Waals surface area contributed by atoms with Crippen molar-refractivity contribution in [1.29, 1.82) is 0 Å². The van der Waals surface area contributed by atoms with Crippen molar-refractivity contribution < 1.29 is 5.11 Å². The summed E-state index contributed by atoms with van der Waals surface area (Å²) in [6, 6.07) is 18.0. The molecule has 0 saturated heterocycles. The van der Waals surface area contributed by atoms with E-state index >= 15 is 0 Å². The van der Waals surface area contributed by atoms with Crippen LogP contribution in [0.1, 0.15) is 22.8 Å². The van der Waals surface area contributed by atoms with E-state index in [0.29, 0.717) is 6.42 Å². The van der Waals surface area contributed by atoms with E-state index in [4.69, 9.17) is 0 Å². The smallest absolute Gasteiger partial charge is 0.0837 e. The van der Waals surface area contributed by atoms with Crippen LogP contribution in [0.15, 0.2) is 60.8 Å². The largest absolute Gasteiger partial charge is 0.388 e. The molecular weight excluding hydrogens is 246 g/mol. The summed E-state index contributed by atoms with van der Waals surface area (Å²) in [5.41, 5.74) is 4.26. The van der Waals surface area contributed by atoms with Crippen molar-refractivity contribution in [3.63, 3.8) is 0 Å². The third kappa shape index (κ3) is 2.43. The number of aryl methyl sites for hydroxylation is 1. The first kappa shape index (κ1) is 12.8. The Kier molecular flexibility index (Phi) is 3.48. The lowest BCUT2D eigenvalue weighted by molar-refractivity contribution is 0.180. The highest BCUT2D eigenvalue weighted by molar-refractivity contribution is 5.82. The maximum Gasteiger partial charge on any atom is 0.0837 e. The average Bonchev–Trinajstić information content (AvgIpc) is 2.49. The van der Waals surface area contributed by atoms with Gasteiger partial charge in [0, 0.05) is 18.0 Å². The minimum Gasteiger partial charge on any atom is -0.388 e. The molecule has 3 aromatic rings. The van der Waals surface area contributed by atoms with Gasteiger partial charge in [0.25, 0.3) is 0 Å². The summed E-state index contributed by atoms with van der Waals surface area (Å²) in [7, 11) is 0. The number of rotatable bonds is 3. The normalized spacial score (nSPS) is 12.5. The van der Waals surface area contributed by atoms with Gasteiger partial charge in [0.1, 0.15) is 0 Å². The molecule has 2 nitrogen and oxygen atoms in total. The maximum absolute atomic E-state index is 10.6. The minimum atomic E-state index is -0.510. The van der Waals surface area contributed by atoms with Crippen LogP contribution in [-0.2, 0) is 6.42 Å². The molecule has 1 N–H and O–H groups in total. The second-order valence-electron chi connectivity index (χ2n) is 5.06. The van der Waals surface area contributed by atoms with Gasteiger partial charge in [-0.15, -0.1) is 0 Å². The zero-order chi connectivity index (χ0) is 13.9. The van der Waals surface area contributed by atoms with Crippen molar-refractivity contribution in [2.75, 3.05) is 0 Å². The molecule has 2 aromatic carbocycles. The second-order valence-corrected chi connectivity index (χ2v) is 5.06. The standard InChI is InChI=1S/C18H17NO/c1-13-6-2-3-7-14(13)12-18(20)16-8-4-10-17-15(16)9-5-11-19-17/h2-11,18,20H,12H2,1H3. The Morgan fingerprint density at radius 3 is 2.70 bits per heavy atom. The van der Waals surface area contributed by atoms with Crippen molar-refractivity contribution in [2.24, 2.45) is 0 Å². The third-order valence-corrected chi connectivity index (χ3v) is 3.71. The van der Waals surface area contributed by atoms with Crippen LogP contribution in [-0.4, -0.2) is 10.1 Å². The number of fused-ring (bicyclic) bond motifs is 1. The molecular formula is C18H17NO. The highest BCUT2D eigenvalue weighted by Gasteiger charge is 2.13. The van der Waals surface area contributed by atoms with Gasteiger partial charge in [0.15, 0.2) is 0 Å². The number of aliphatic hydroxyl groups is 1. The highest BCUT2D eigenvalue weighted by Crippen LogP contribution is 2.26. The fourth-order valence-electron chi connectivity index (χ4n) is 2.58. The number of hydrogen-bond acceptors (Lipinski definition) is 2. The van der Waals surface area contributed by atoms with Crippen molar-refractivity contribution in [1.82, 2.24) is 4.98 Å². The van der Waals surface area contributed by atoms with E-state index in [1.807, 2.05) is 42.5 Å². The highest BCUT2D eigenvalue weighted by atomic mass is 16.3. The number of aliphatic hydroxyl groups excluding tert-OH is 1. The van der Waals surface area contributed by atoms with Crippen LogP contribution in [0.2, 0.25) is 0 Å². The average molecular weight is 263 g/mol. The molecule has 3 rings (SSSR count). The predicted molar refractivity (Wildman–Crippen MR) is 81.6 cm³/mol. The Hall–Kier alpha value is -2.19. The van der Waals surface area contributed by atoms with Crippen LogP contribution < -0.4 is 0 Å². The fraction of sp³-hybridized carbons (Fsp3) is 0.167. The molecule has 0 aliphatic rings. The number of pyridine rings is 1. The van der Waals surface area contributed by atoms with Crippen molar-refractivity contribution in [2.45, 2.75) is 19.4 Å². The molecule has 1 unspecified atom stereocenters. The first-order chi connectivity index (χ1) is 9.75. The summed E-state index contributed by atoms with van der Waals surface area (Å²) in [5.74, 6) is 0. The Labute approximate surface area is 118 Å². The maximum atomic E-state index is 10.6. The summed E-state index contributed by atoms with van der Waals surface area (Å²) in [6.45, 7) is 2.08. The summed E-state index contributed by atoms with van der Waals surface area (Å²) in [6.07, 6.45) is 1.89. The van der Waals surface area contributed by atoms with Gasteiger partial charge >= 0.3 is 0 Å². The second kappa shape index (κ2) is 5.43. The molecule has 0 fully saturated rings. The molecule has 0 radical (unpaired) electrons. The fourth-order valence-corrected chi connectivity index (χ4v) is 2.58. The molecule has 2 heteroatoms.